The third-order valence-electron chi connectivity index (χ3n) is 0.469. The molecule has 3 nitrogen and oxygen atoms in total. The van der Waals surface area contributed by atoms with Crippen molar-refractivity contribution in [1.29, 1.82) is 0 Å². The van der Waals surface area contributed by atoms with Gasteiger partial charge in [-0.3, -0.25) is 0 Å². The van der Waals surface area contributed by atoms with Crippen LogP contribution in [-0.2, 0) is 28.5 Å². The molecule has 0 aliphatic carbocycles. The van der Waals surface area contributed by atoms with E-state index in [1.165, 1.54) is 0 Å². The largest absolute Gasteiger partial charge is 0.786 e. The van der Waals surface area contributed by atoms with Gasteiger partial charge in [0.1, 0.15) is 0 Å². The Labute approximate surface area is 69.5 Å². The molecule has 0 unspecified atom stereocenters. The molecule has 0 saturated heterocycles. The van der Waals surface area contributed by atoms with E-state index in [-0.39, 0.29) is 19.5 Å². The molecule has 52 valence electrons. The maximum absolute atomic E-state index is 10.3. The standard InChI is InChI=1S/C4H10O3P.Zn/c1-3-6-8(5)7-4-2;/h3-4H2,1-2H3;/q-1;. The summed E-state index contributed by atoms with van der Waals surface area (Å²) in [6.45, 7) is 4.42. The van der Waals surface area contributed by atoms with Gasteiger partial charge in [-0.1, -0.05) is 0 Å². The number of rotatable bonds is 4. The second-order valence-corrected chi connectivity index (χ2v) is 2.02. The third-order valence-corrected chi connectivity index (χ3v) is 1.41. The van der Waals surface area contributed by atoms with Gasteiger partial charge < -0.3 is 13.9 Å². The van der Waals surface area contributed by atoms with Gasteiger partial charge in [0, 0.05) is 32.7 Å². The Bertz CT molecular complexity index is 49.1. The molecule has 0 radical (unpaired) electrons. The molecule has 0 aromatic carbocycles. The van der Waals surface area contributed by atoms with Crippen LogP contribution in [0.25, 0.3) is 0 Å². The van der Waals surface area contributed by atoms with Crippen molar-refractivity contribution in [2.45, 2.75) is 13.8 Å². The molecule has 5 heteroatoms. The summed E-state index contributed by atoms with van der Waals surface area (Å²) in [6.07, 6.45) is 0. The Hall–Kier alpha value is 0.933. The van der Waals surface area contributed by atoms with Crippen molar-refractivity contribution in [1.82, 2.24) is 0 Å². The van der Waals surface area contributed by atoms with Gasteiger partial charge in [-0.15, -0.1) is 0 Å². The van der Waals surface area contributed by atoms with Gasteiger partial charge in [-0.05, 0) is 13.8 Å². The first-order valence-corrected chi connectivity index (χ1v) is 3.63. The monoisotopic (exact) mass is 201 g/mol. The van der Waals surface area contributed by atoms with Gasteiger partial charge in [0.2, 0.25) is 0 Å². The zero-order valence-electron chi connectivity index (χ0n) is 5.79. The summed E-state index contributed by atoms with van der Waals surface area (Å²) in [5, 5.41) is 0. The average molecular weight is 202 g/mol. The van der Waals surface area contributed by atoms with Crippen LogP contribution in [-0.4, -0.2) is 13.2 Å². The first-order chi connectivity index (χ1) is 3.81. The summed E-state index contributed by atoms with van der Waals surface area (Å²) in [6, 6.07) is 0. The SMILES string of the molecule is CCOP([O-])OCC.[Zn]. The average Bonchev–Trinajstić information content (AvgIpc) is 1.68. The van der Waals surface area contributed by atoms with Crippen LogP contribution in [0.3, 0.4) is 0 Å². The fourth-order valence-corrected chi connectivity index (χ4v) is 0.744. The predicted molar refractivity (Wildman–Crippen MR) is 30.2 cm³/mol. The molecule has 0 N–H and O–H groups in total. The van der Waals surface area contributed by atoms with Crippen LogP contribution in [0.2, 0.25) is 0 Å². The first kappa shape index (κ1) is 12.6. The van der Waals surface area contributed by atoms with Crippen LogP contribution in [0.5, 0.6) is 0 Å². The van der Waals surface area contributed by atoms with Crippen LogP contribution < -0.4 is 4.89 Å². The summed E-state index contributed by atoms with van der Waals surface area (Å²) in [5.41, 5.74) is 0. The normalized spacial score (nSPS) is 9.33. The van der Waals surface area contributed by atoms with Crippen LogP contribution in [0.15, 0.2) is 0 Å². The molecule has 0 heterocycles. The molecule has 0 spiro atoms. The van der Waals surface area contributed by atoms with Gasteiger partial charge in [-0.25, -0.2) is 0 Å². The van der Waals surface area contributed by atoms with E-state index >= 15 is 0 Å². The van der Waals surface area contributed by atoms with Crippen molar-refractivity contribution in [3.63, 3.8) is 0 Å². The van der Waals surface area contributed by atoms with Gasteiger partial charge in [0.15, 0.2) is 0 Å². The summed E-state index contributed by atoms with van der Waals surface area (Å²) in [7, 11) is -1.83. The minimum atomic E-state index is -1.83. The molecule has 0 aromatic rings. The Morgan fingerprint density at radius 2 is 1.56 bits per heavy atom. The van der Waals surface area contributed by atoms with E-state index in [0.29, 0.717) is 13.2 Å². The number of hydrogen-bond donors (Lipinski definition) is 0. The fourth-order valence-electron chi connectivity index (χ4n) is 0.248. The van der Waals surface area contributed by atoms with Gasteiger partial charge in [-0.2, -0.15) is 0 Å². The summed E-state index contributed by atoms with van der Waals surface area (Å²) in [5.74, 6) is 0. The number of hydrogen-bond acceptors (Lipinski definition) is 3. The quantitative estimate of drug-likeness (QED) is 0.496. The van der Waals surface area contributed by atoms with Crippen LogP contribution in [0, 0.1) is 0 Å². The van der Waals surface area contributed by atoms with Gasteiger partial charge in [0.05, 0.1) is 8.60 Å². The predicted octanol–water partition coefficient (Wildman–Crippen LogP) is 0.644. The van der Waals surface area contributed by atoms with E-state index in [1.807, 2.05) is 0 Å². The van der Waals surface area contributed by atoms with Crippen molar-refractivity contribution in [2.75, 3.05) is 13.2 Å². The smallest absolute Gasteiger partial charge is 0.0828 e. The zero-order valence-corrected chi connectivity index (χ0v) is 9.65. The molecule has 0 fully saturated rings. The second kappa shape index (κ2) is 8.93. The summed E-state index contributed by atoms with van der Waals surface area (Å²) < 4.78 is 9.14. The Kier molecular flexibility index (Phi) is 12.5. The van der Waals surface area contributed by atoms with Crippen molar-refractivity contribution in [2.24, 2.45) is 0 Å². The fraction of sp³-hybridized carbons (Fsp3) is 1.00. The molecule has 0 aromatic heterocycles. The van der Waals surface area contributed by atoms with E-state index in [1.54, 1.807) is 13.8 Å². The molecule has 0 aliphatic heterocycles. The van der Waals surface area contributed by atoms with Crippen LogP contribution in [0.4, 0.5) is 0 Å². The van der Waals surface area contributed by atoms with Crippen molar-refractivity contribution in [3.8, 4) is 0 Å². The Morgan fingerprint density at radius 3 is 1.78 bits per heavy atom. The molecule has 0 saturated carbocycles. The molecular formula is C4H10O3PZn-. The first-order valence-electron chi connectivity index (χ1n) is 2.54. The van der Waals surface area contributed by atoms with Gasteiger partial charge >= 0.3 is 0 Å². The minimum Gasteiger partial charge on any atom is -0.786 e. The minimum absolute atomic E-state index is 0. The van der Waals surface area contributed by atoms with E-state index in [4.69, 9.17) is 0 Å². The van der Waals surface area contributed by atoms with Crippen molar-refractivity contribution < 1.29 is 33.4 Å². The molecule has 0 atom stereocenters. The van der Waals surface area contributed by atoms with Crippen LogP contribution in [0.1, 0.15) is 13.8 Å². The van der Waals surface area contributed by atoms with E-state index in [2.05, 4.69) is 9.05 Å². The third kappa shape index (κ3) is 8.93. The molecule has 9 heavy (non-hydrogen) atoms. The Balaban J connectivity index is 0. The summed E-state index contributed by atoms with van der Waals surface area (Å²) >= 11 is 0. The van der Waals surface area contributed by atoms with Crippen LogP contribution >= 0.6 is 8.60 Å². The van der Waals surface area contributed by atoms with E-state index in [0.717, 1.165) is 0 Å². The molecule has 0 aliphatic rings. The van der Waals surface area contributed by atoms with Crippen molar-refractivity contribution >= 4 is 8.60 Å². The maximum atomic E-state index is 10.3. The zero-order chi connectivity index (χ0) is 6.41. The Morgan fingerprint density at radius 1 is 1.22 bits per heavy atom. The second-order valence-electron chi connectivity index (χ2n) is 1.06. The molecular weight excluding hydrogens is 192 g/mol. The molecule has 0 rings (SSSR count). The van der Waals surface area contributed by atoms with E-state index in [9.17, 15) is 4.89 Å². The van der Waals surface area contributed by atoms with E-state index < -0.39 is 8.60 Å². The molecule has 0 amide bonds. The van der Waals surface area contributed by atoms with Gasteiger partial charge in [0.25, 0.3) is 0 Å². The maximum Gasteiger partial charge on any atom is 0.0828 e. The van der Waals surface area contributed by atoms with Crippen molar-refractivity contribution in [3.05, 3.63) is 0 Å². The molecule has 0 bridgehead atoms. The summed E-state index contributed by atoms with van der Waals surface area (Å²) in [4.78, 5) is 10.3. The topological polar surface area (TPSA) is 41.5 Å².